The van der Waals surface area contributed by atoms with Crippen molar-refractivity contribution in [3.8, 4) is 18.2 Å². The van der Waals surface area contributed by atoms with Gasteiger partial charge in [0.25, 0.3) is 0 Å². The lowest BCUT2D eigenvalue weighted by Crippen LogP contribution is -2.04. The van der Waals surface area contributed by atoms with Gasteiger partial charge in [0.15, 0.2) is 0 Å². The minimum atomic E-state index is -3.61. The van der Waals surface area contributed by atoms with E-state index in [1.165, 1.54) is 0 Å². The molecule has 23 heavy (non-hydrogen) atoms. The molecular weight excluding hydrogens is 317 g/mol. The first-order chi connectivity index (χ1) is 11.2. The molecule has 0 fully saturated rings. The zero-order valence-electron chi connectivity index (χ0n) is 13.4. The normalized spacial score (nSPS) is 10.7. The van der Waals surface area contributed by atoms with Crippen LogP contribution >= 0.6 is 7.82 Å². The van der Waals surface area contributed by atoms with Crippen LogP contribution in [0.5, 0.6) is 0 Å². The zero-order valence-corrected chi connectivity index (χ0v) is 14.3. The van der Waals surface area contributed by atoms with Crippen LogP contribution in [0.1, 0.15) is 57.8 Å². The maximum Gasteiger partial charge on any atom is 0.474 e. The van der Waals surface area contributed by atoms with E-state index in [1.54, 1.807) is 0 Å². The van der Waals surface area contributed by atoms with Crippen molar-refractivity contribution in [1.82, 2.24) is 0 Å². The molecule has 0 aromatic carbocycles. The molecule has 0 spiro atoms. The van der Waals surface area contributed by atoms with E-state index in [1.807, 2.05) is 18.2 Å². The maximum absolute atomic E-state index is 12.4. The molecule has 0 aliphatic rings. The summed E-state index contributed by atoms with van der Waals surface area (Å²) in [5, 5.41) is 25.4. The van der Waals surface area contributed by atoms with Gasteiger partial charge in [0.05, 0.1) is 38.0 Å². The molecule has 0 aromatic rings. The quantitative estimate of drug-likeness (QED) is 0.323. The molecule has 0 aromatic heterocycles. The minimum Gasteiger partial charge on any atom is -0.287 e. The molecule has 0 saturated carbocycles. The molecule has 0 unspecified atom stereocenters. The zero-order chi connectivity index (χ0) is 17.2. The number of rotatable bonds is 15. The van der Waals surface area contributed by atoms with E-state index < -0.39 is 7.82 Å². The van der Waals surface area contributed by atoms with Crippen LogP contribution in [0.15, 0.2) is 0 Å². The Kier molecular flexibility index (Phi) is 14.5. The van der Waals surface area contributed by atoms with Gasteiger partial charge in [0.2, 0.25) is 0 Å². The number of hydrogen-bond donors (Lipinski definition) is 0. The highest BCUT2D eigenvalue weighted by Crippen LogP contribution is 2.49. The van der Waals surface area contributed by atoms with Crippen LogP contribution in [-0.4, -0.2) is 19.8 Å². The first kappa shape index (κ1) is 21.6. The SMILES string of the molecule is N#CCCCCOP(=O)(OCCCCC#N)OCCCCC#N. The van der Waals surface area contributed by atoms with E-state index in [4.69, 9.17) is 29.4 Å². The van der Waals surface area contributed by atoms with Gasteiger partial charge in [-0.05, 0) is 38.5 Å². The van der Waals surface area contributed by atoms with Gasteiger partial charge in [-0.25, -0.2) is 4.57 Å². The van der Waals surface area contributed by atoms with E-state index in [2.05, 4.69) is 0 Å². The third kappa shape index (κ3) is 13.9. The van der Waals surface area contributed by atoms with E-state index in [9.17, 15) is 4.57 Å². The second-order valence-corrected chi connectivity index (χ2v) is 6.46. The number of phosphoric acid groups is 1. The summed E-state index contributed by atoms with van der Waals surface area (Å²) in [5.74, 6) is 0. The first-order valence-corrected chi connectivity index (χ1v) is 9.29. The van der Waals surface area contributed by atoms with Gasteiger partial charge in [0, 0.05) is 19.3 Å². The molecule has 128 valence electrons. The average Bonchev–Trinajstić information content (AvgIpc) is 2.54. The van der Waals surface area contributed by atoms with Crippen LogP contribution in [-0.2, 0) is 18.1 Å². The fourth-order valence-electron chi connectivity index (χ4n) is 1.56. The Morgan fingerprint density at radius 2 is 0.913 bits per heavy atom. The molecule has 0 bridgehead atoms. The van der Waals surface area contributed by atoms with Crippen molar-refractivity contribution >= 4 is 7.82 Å². The molecule has 0 aliphatic carbocycles. The fraction of sp³-hybridized carbons (Fsp3) is 0.800. The highest BCUT2D eigenvalue weighted by molar-refractivity contribution is 7.48. The van der Waals surface area contributed by atoms with Crippen LogP contribution < -0.4 is 0 Å². The van der Waals surface area contributed by atoms with Crippen LogP contribution in [0.4, 0.5) is 0 Å². The maximum atomic E-state index is 12.4. The van der Waals surface area contributed by atoms with Crippen molar-refractivity contribution in [1.29, 1.82) is 15.8 Å². The summed E-state index contributed by atoms with van der Waals surface area (Å²) in [4.78, 5) is 0. The number of unbranched alkanes of at least 4 members (excludes halogenated alkanes) is 6. The van der Waals surface area contributed by atoms with Gasteiger partial charge < -0.3 is 0 Å². The minimum absolute atomic E-state index is 0.204. The van der Waals surface area contributed by atoms with Crippen molar-refractivity contribution in [2.45, 2.75) is 57.8 Å². The molecule has 8 heteroatoms. The number of nitriles is 3. The lowest BCUT2D eigenvalue weighted by Gasteiger charge is -2.17. The van der Waals surface area contributed by atoms with Crippen molar-refractivity contribution in [3.63, 3.8) is 0 Å². The van der Waals surface area contributed by atoms with Crippen LogP contribution in [0.3, 0.4) is 0 Å². The van der Waals surface area contributed by atoms with Gasteiger partial charge in [0.1, 0.15) is 0 Å². The molecule has 7 nitrogen and oxygen atoms in total. The predicted molar refractivity (Wildman–Crippen MR) is 83.9 cm³/mol. The van der Waals surface area contributed by atoms with E-state index in [0.29, 0.717) is 57.8 Å². The second kappa shape index (κ2) is 15.5. The Labute approximate surface area is 138 Å². The Balaban J connectivity index is 4.12. The van der Waals surface area contributed by atoms with Crippen molar-refractivity contribution < 1.29 is 18.1 Å². The molecule has 0 saturated heterocycles. The summed E-state index contributed by atoms with van der Waals surface area (Å²) in [5.41, 5.74) is 0. The molecule has 0 amide bonds. The largest absolute Gasteiger partial charge is 0.474 e. The molecular formula is C15H24N3O4P. The van der Waals surface area contributed by atoms with Crippen molar-refractivity contribution in [2.24, 2.45) is 0 Å². The highest BCUT2D eigenvalue weighted by Gasteiger charge is 2.26. The van der Waals surface area contributed by atoms with Gasteiger partial charge in [-0.2, -0.15) is 15.8 Å². The Morgan fingerprint density at radius 1 is 0.609 bits per heavy atom. The molecule has 0 aliphatic heterocycles. The standard InChI is InChI=1S/C15H24N3O4P/c16-10-4-1-7-13-20-23(19,21-14-8-2-5-11-17)22-15-9-3-6-12-18/h1-9,13-15H2. The summed E-state index contributed by atoms with van der Waals surface area (Å²) >= 11 is 0. The monoisotopic (exact) mass is 341 g/mol. The lowest BCUT2D eigenvalue weighted by molar-refractivity contribution is 0.109. The Morgan fingerprint density at radius 3 is 1.17 bits per heavy atom. The Bertz CT molecular complexity index is 398. The smallest absolute Gasteiger partial charge is 0.287 e. The second-order valence-electron chi connectivity index (χ2n) is 4.79. The van der Waals surface area contributed by atoms with Crippen LogP contribution in [0.2, 0.25) is 0 Å². The molecule has 0 heterocycles. The summed E-state index contributed by atoms with van der Waals surface area (Å²) < 4.78 is 28.2. The first-order valence-electron chi connectivity index (χ1n) is 7.83. The summed E-state index contributed by atoms with van der Waals surface area (Å²) in [6.45, 7) is 0.611. The van der Waals surface area contributed by atoms with Gasteiger partial charge >= 0.3 is 7.82 Å². The van der Waals surface area contributed by atoms with Gasteiger partial charge in [-0.1, -0.05) is 0 Å². The van der Waals surface area contributed by atoms with E-state index in [0.717, 1.165) is 0 Å². The summed E-state index contributed by atoms with van der Waals surface area (Å²) in [6.07, 6.45) is 5.10. The number of phosphoric ester groups is 1. The van der Waals surface area contributed by atoms with Crippen LogP contribution in [0, 0.1) is 34.0 Å². The Hall–Kier alpha value is -1.42. The topological polar surface area (TPSA) is 116 Å². The fourth-order valence-corrected chi connectivity index (χ4v) is 2.84. The molecule has 0 rings (SSSR count). The van der Waals surface area contributed by atoms with Crippen molar-refractivity contribution in [2.75, 3.05) is 19.8 Å². The molecule has 0 atom stereocenters. The number of nitrogens with zero attached hydrogens (tertiary/aromatic N) is 3. The van der Waals surface area contributed by atoms with Crippen molar-refractivity contribution in [3.05, 3.63) is 0 Å². The highest BCUT2D eigenvalue weighted by atomic mass is 31.2. The summed E-state index contributed by atoms with van der Waals surface area (Å²) in [6, 6.07) is 6.10. The third-order valence-corrected chi connectivity index (χ3v) is 4.29. The van der Waals surface area contributed by atoms with E-state index >= 15 is 0 Å². The third-order valence-electron chi connectivity index (χ3n) is 2.80. The number of hydrogen-bond acceptors (Lipinski definition) is 7. The average molecular weight is 341 g/mol. The van der Waals surface area contributed by atoms with Crippen LogP contribution in [0.25, 0.3) is 0 Å². The lowest BCUT2D eigenvalue weighted by atomic mass is 10.3. The summed E-state index contributed by atoms with van der Waals surface area (Å²) in [7, 11) is -3.61. The van der Waals surface area contributed by atoms with Gasteiger partial charge in [-0.15, -0.1) is 0 Å². The predicted octanol–water partition coefficient (Wildman–Crippen LogP) is 4.23. The van der Waals surface area contributed by atoms with E-state index in [-0.39, 0.29) is 19.8 Å². The van der Waals surface area contributed by atoms with Gasteiger partial charge in [-0.3, -0.25) is 13.6 Å². The molecule has 0 radical (unpaired) electrons. The molecule has 0 N–H and O–H groups in total.